The van der Waals surface area contributed by atoms with E-state index in [9.17, 15) is 13.2 Å². The Morgan fingerprint density at radius 3 is 2.48 bits per heavy atom. The Labute approximate surface area is 179 Å². The third-order valence-electron chi connectivity index (χ3n) is 4.00. The Bertz CT molecular complexity index is 998. The number of nitrogens with zero attached hydrogens (tertiary/aromatic N) is 2. The van der Waals surface area contributed by atoms with Crippen LogP contribution in [-0.4, -0.2) is 29.4 Å². The molecule has 0 spiro atoms. The van der Waals surface area contributed by atoms with Crippen molar-refractivity contribution >= 4 is 51.7 Å². The van der Waals surface area contributed by atoms with Gasteiger partial charge in [0.25, 0.3) is 0 Å². The molecule has 0 bridgehead atoms. The van der Waals surface area contributed by atoms with Gasteiger partial charge < -0.3 is 10.1 Å². The third-order valence-corrected chi connectivity index (χ3v) is 5.70. The van der Waals surface area contributed by atoms with Crippen LogP contribution < -0.4 is 10.1 Å². The zero-order valence-electron chi connectivity index (χ0n) is 15.2. The number of halogens is 5. The number of hydrogen-bond donors (Lipinski definition) is 1. The van der Waals surface area contributed by atoms with E-state index in [-0.39, 0.29) is 11.3 Å². The van der Waals surface area contributed by atoms with Gasteiger partial charge in [-0.15, -0.1) is 0 Å². The second-order valence-corrected chi connectivity index (χ2v) is 7.88. The lowest BCUT2D eigenvalue weighted by Crippen LogP contribution is -2.14. The fourth-order valence-corrected chi connectivity index (χ4v) is 4.18. The first-order valence-electron chi connectivity index (χ1n) is 8.47. The van der Waals surface area contributed by atoms with Gasteiger partial charge >= 0.3 is 6.18 Å². The van der Waals surface area contributed by atoms with E-state index in [1.165, 1.54) is 13.2 Å². The summed E-state index contributed by atoms with van der Waals surface area (Å²) in [5, 5.41) is 4.60. The van der Waals surface area contributed by atoms with Crippen LogP contribution in [0.2, 0.25) is 10.0 Å². The monoisotopic (exact) mass is 461 g/mol. The van der Waals surface area contributed by atoms with Crippen LogP contribution in [0.5, 0.6) is 5.75 Å². The maximum Gasteiger partial charge on any atom is 0.451 e. The summed E-state index contributed by atoms with van der Waals surface area (Å²) in [5.41, 5.74) is 1.02. The predicted octanol–water partition coefficient (Wildman–Crippen LogP) is 6.31. The van der Waals surface area contributed by atoms with Gasteiger partial charge in [0, 0.05) is 33.5 Å². The zero-order chi connectivity index (χ0) is 21.0. The highest BCUT2D eigenvalue weighted by atomic mass is 35.5. The molecule has 0 saturated heterocycles. The van der Waals surface area contributed by atoms with Crippen LogP contribution in [0.4, 0.5) is 19.0 Å². The van der Waals surface area contributed by atoms with Crippen LogP contribution in [0.3, 0.4) is 0 Å². The van der Waals surface area contributed by atoms with E-state index >= 15 is 0 Å². The Morgan fingerprint density at radius 1 is 1.10 bits per heavy atom. The molecule has 0 saturated carbocycles. The highest BCUT2D eigenvalue weighted by molar-refractivity contribution is 7.98. The number of aromatic nitrogens is 2. The molecule has 0 amide bonds. The number of hydrogen-bond acceptors (Lipinski definition) is 5. The third kappa shape index (κ3) is 5.38. The van der Waals surface area contributed by atoms with Gasteiger partial charge in [0.1, 0.15) is 11.6 Å². The lowest BCUT2D eigenvalue weighted by molar-refractivity contribution is -0.144. The van der Waals surface area contributed by atoms with Gasteiger partial charge in [-0.05, 0) is 35.9 Å². The Morgan fingerprint density at radius 2 is 1.83 bits per heavy atom. The summed E-state index contributed by atoms with van der Waals surface area (Å²) in [4.78, 5) is 7.30. The van der Waals surface area contributed by atoms with Crippen LogP contribution >= 0.6 is 35.0 Å². The van der Waals surface area contributed by atoms with Gasteiger partial charge in [0.15, 0.2) is 0 Å². The first kappa shape index (κ1) is 21.8. The van der Waals surface area contributed by atoms with E-state index in [2.05, 4.69) is 15.3 Å². The van der Waals surface area contributed by atoms with Gasteiger partial charge in [-0.25, -0.2) is 9.97 Å². The molecule has 154 valence electrons. The molecule has 4 nitrogen and oxygen atoms in total. The van der Waals surface area contributed by atoms with Gasteiger partial charge in [0.05, 0.1) is 12.6 Å². The number of ether oxygens (including phenoxy) is 1. The number of fused-ring (bicyclic) bond motifs is 1. The first-order valence-corrected chi connectivity index (χ1v) is 10.4. The van der Waals surface area contributed by atoms with Crippen molar-refractivity contribution in [2.45, 2.75) is 11.9 Å². The average molecular weight is 462 g/mol. The summed E-state index contributed by atoms with van der Waals surface area (Å²) >= 11 is 13.8. The van der Waals surface area contributed by atoms with E-state index in [4.69, 9.17) is 27.9 Å². The molecular weight excluding hydrogens is 446 g/mol. The van der Waals surface area contributed by atoms with E-state index in [0.29, 0.717) is 39.2 Å². The number of alkyl halides is 3. The van der Waals surface area contributed by atoms with Crippen molar-refractivity contribution in [2.24, 2.45) is 0 Å². The van der Waals surface area contributed by atoms with Gasteiger partial charge in [0.2, 0.25) is 5.82 Å². The van der Waals surface area contributed by atoms with Crippen LogP contribution in [0.25, 0.3) is 10.9 Å². The van der Waals surface area contributed by atoms with Crippen molar-refractivity contribution in [3.63, 3.8) is 0 Å². The highest BCUT2D eigenvalue weighted by Gasteiger charge is 2.35. The molecule has 1 N–H and O–H groups in total. The molecule has 10 heteroatoms. The normalized spacial score (nSPS) is 11.7. The molecule has 0 aliphatic rings. The quantitative estimate of drug-likeness (QED) is 0.417. The Hall–Kier alpha value is -1.90. The van der Waals surface area contributed by atoms with Crippen LogP contribution in [0.15, 0.2) is 36.4 Å². The smallest absolute Gasteiger partial charge is 0.451 e. The molecule has 3 aromatic rings. The van der Waals surface area contributed by atoms with Crippen LogP contribution in [-0.2, 0) is 11.9 Å². The molecule has 0 aliphatic heterocycles. The molecule has 2 aromatic carbocycles. The lowest BCUT2D eigenvalue weighted by atomic mass is 10.2. The fraction of sp³-hybridized carbons (Fsp3) is 0.263. The Kier molecular flexibility index (Phi) is 6.97. The van der Waals surface area contributed by atoms with E-state index < -0.39 is 12.0 Å². The highest BCUT2D eigenvalue weighted by Crippen LogP contribution is 2.32. The van der Waals surface area contributed by atoms with E-state index in [1.807, 2.05) is 0 Å². The molecule has 0 atom stereocenters. The first-order chi connectivity index (χ1) is 13.8. The van der Waals surface area contributed by atoms with Crippen LogP contribution in [0, 0.1) is 0 Å². The summed E-state index contributed by atoms with van der Waals surface area (Å²) in [6.45, 7) is 0.396. The van der Waals surface area contributed by atoms with Crippen molar-refractivity contribution in [3.05, 3.63) is 57.8 Å². The molecule has 3 rings (SSSR count). The fourth-order valence-electron chi connectivity index (χ4n) is 2.58. The number of rotatable bonds is 7. The summed E-state index contributed by atoms with van der Waals surface area (Å²) in [5.74, 6) is 0.627. The average Bonchev–Trinajstić information content (AvgIpc) is 2.68. The second-order valence-electron chi connectivity index (χ2n) is 5.96. The van der Waals surface area contributed by atoms with Crippen molar-refractivity contribution in [3.8, 4) is 5.75 Å². The molecule has 0 fully saturated rings. The molecular formula is C19H16Cl2F3N3OS. The van der Waals surface area contributed by atoms with Gasteiger partial charge in [-0.1, -0.05) is 29.3 Å². The van der Waals surface area contributed by atoms with Crippen molar-refractivity contribution in [1.29, 1.82) is 0 Å². The predicted molar refractivity (Wildman–Crippen MR) is 112 cm³/mol. The number of thioether (sulfide) groups is 1. The maximum atomic E-state index is 13.1. The summed E-state index contributed by atoms with van der Waals surface area (Å²) in [6.07, 6.45) is -4.64. The zero-order valence-corrected chi connectivity index (χ0v) is 17.5. The standard InChI is InChI=1S/C19H16Cl2F3N3OS/c1-28-11-5-6-16-12(9-11)17(27-18(26-16)19(22,23)24)25-7-8-29-10-13-14(20)3-2-4-15(13)21/h2-6,9H,7-8,10H2,1H3,(H,25,26,27). The Balaban J connectivity index is 1.73. The van der Waals surface area contributed by atoms with Gasteiger partial charge in [-0.2, -0.15) is 24.9 Å². The van der Waals surface area contributed by atoms with E-state index in [0.717, 1.165) is 5.56 Å². The van der Waals surface area contributed by atoms with Crippen LogP contribution in [0.1, 0.15) is 11.4 Å². The number of benzene rings is 2. The SMILES string of the molecule is COc1ccc2nc(C(F)(F)F)nc(NCCSCc3c(Cl)cccc3Cl)c2c1. The van der Waals surface area contributed by atoms with Gasteiger partial charge in [-0.3, -0.25) is 0 Å². The summed E-state index contributed by atoms with van der Waals surface area (Å²) < 4.78 is 44.6. The van der Waals surface area contributed by atoms with Crippen molar-refractivity contribution in [2.75, 3.05) is 24.7 Å². The second kappa shape index (κ2) is 9.28. The molecule has 0 unspecified atom stereocenters. The van der Waals surface area contributed by atoms with E-state index in [1.54, 1.807) is 42.1 Å². The van der Waals surface area contributed by atoms with Crippen molar-refractivity contribution in [1.82, 2.24) is 9.97 Å². The minimum atomic E-state index is -4.64. The molecule has 0 aliphatic carbocycles. The van der Waals surface area contributed by atoms with Crippen molar-refractivity contribution < 1.29 is 17.9 Å². The molecule has 0 radical (unpaired) electrons. The summed E-state index contributed by atoms with van der Waals surface area (Å²) in [6, 6.07) is 9.94. The minimum Gasteiger partial charge on any atom is -0.497 e. The number of nitrogens with one attached hydrogen (secondary N) is 1. The maximum absolute atomic E-state index is 13.1. The number of methoxy groups -OCH3 is 1. The molecule has 1 aromatic heterocycles. The summed E-state index contributed by atoms with van der Waals surface area (Å²) in [7, 11) is 1.48. The number of anilines is 1. The lowest BCUT2D eigenvalue weighted by Gasteiger charge is -2.13. The topological polar surface area (TPSA) is 47.0 Å². The minimum absolute atomic E-state index is 0.109. The largest absolute Gasteiger partial charge is 0.497 e. The molecule has 29 heavy (non-hydrogen) atoms. The molecule has 1 heterocycles.